The van der Waals surface area contributed by atoms with E-state index >= 15 is 0 Å². The third-order valence-corrected chi connectivity index (χ3v) is 5.42. The zero-order valence-corrected chi connectivity index (χ0v) is 15.9. The molecular formula is C22H16FN3OS. The van der Waals surface area contributed by atoms with Crippen LogP contribution in [-0.4, -0.2) is 16.1 Å². The second kappa shape index (κ2) is 7.78. The molecule has 0 aliphatic carbocycles. The summed E-state index contributed by atoms with van der Waals surface area (Å²) in [7, 11) is 0. The summed E-state index contributed by atoms with van der Waals surface area (Å²) in [6.45, 7) is 1.86. The van der Waals surface area contributed by atoms with Gasteiger partial charge in [0.15, 0.2) is 11.0 Å². The Kier molecular flexibility index (Phi) is 5.04. The number of rotatable bonds is 3. The molecule has 0 spiro atoms. The minimum absolute atomic E-state index is 0.160. The van der Waals surface area contributed by atoms with Gasteiger partial charge in [-0.15, -0.1) is 0 Å². The Morgan fingerprint density at radius 2 is 1.71 bits per heavy atom. The van der Waals surface area contributed by atoms with Crippen molar-refractivity contribution in [3.05, 3.63) is 95.3 Å². The minimum atomic E-state index is -0.310. The van der Waals surface area contributed by atoms with Gasteiger partial charge >= 0.3 is 0 Å². The monoisotopic (exact) mass is 389 g/mol. The van der Waals surface area contributed by atoms with Gasteiger partial charge in [0.1, 0.15) is 5.82 Å². The molecule has 28 heavy (non-hydrogen) atoms. The van der Waals surface area contributed by atoms with E-state index in [1.165, 1.54) is 23.9 Å². The molecule has 1 amide bonds. The highest BCUT2D eigenvalue weighted by Gasteiger charge is 2.36. The van der Waals surface area contributed by atoms with E-state index < -0.39 is 0 Å². The highest BCUT2D eigenvalue weighted by Crippen LogP contribution is 2.39. The number of aromatic nitrogens is 1. The summed E-state index contributed by atoms with van der Waals surface area (Å²) in [6.07, 6.45) is 1.66. The molecule has 3 aromatic rings. The molecule has 2 heterocycles. The quantitative estimate of drug-likeness (QED) is 0.562. The van der Waals surface area contributed by atoms with Crippen molar-refractivity contribution < 1.29 is 9.18 Å². The maximum absolute atomic E-state index is 13.3. The first-order chi connectivity index (χ1) is 13.6. The van der Waals surface area contributed by atoms with E-state index in [1.807, 2.05) is 49.4 Å². The molecule has 1 saturated heterocycles. The number of hydrogen-bond donors (Lipinski definition) is 0. The maximum atomic E-state index is 13.3. The van der Waals surface area contributed by atoms with Crippen molar-refractivity contribution in [2.45, 2.75) is 6.92 Å². The Morgan fingerprint density at radius 3 is 2.39 bits per heavy atom. The smallest absolute Gasteiger partial charge is 0.268 e. The molecule has 1 aromatic heterocycles. The van der Waals surface area contributed by atoms with Crippen molar-refractivity contribution in [3.63, 3.8) is 0 Å². The number of halogens is 1. The number of carbonyl (C=O) groups excluding carboxylic acids is 1. The zero-order chi connectivity index (χ0) is 19.5. The second-order valence-electron chi connectivity index (χ2n) is 6.12. The average molecular weight is 389 g/mol. The van der Waals surface area contributed by atoms with E-state index in [2.05, 4.69) is 9.98 Å². The number of para-hydroxylation sites is 1. The molecule has 4 nitrogen and oxygen atoms in total. The predicted molar refractivity (Wildman–Crippen MR) is 112 cm³/mol. The Balaban J connectivity index is 1.81. The van der Waals surface area contributed by atoms with Gasteiger partial charge in [0.05, 0.1) is 10.6 Å². The molecule has 1 aliphatic heterocycles. The molecule has 138 valence electrons. The van der Waals surface area contributed by atoms with E-state index in [9.17, 15) is 9.18 Å². The minimum Gasteiger partial charge on any atom is -0.268 e. The van der Waals surface area contributed by atoms with Crippen LogP contribution in [0.1, 0.15) is 12.5 Å². The molecule has 1 aliphatic rings. The van der Waals surface area contributed by atoms with Crippen molar-refractivity contribution in [1.82, 2.24) is 4.98 Å². The van der Waals surface area contributed by atoms with E-state index in [4.69, 9.17) is 0 Å². The standard InChI is InChI=1S/C22H16FN3OS/c1-15(16-10-12-17(23)13-11-16)20-21(27)26(18-7-3-2-4-8-18)22(28-20)25-19-9-5-6-14-24-19/h2-14H,1H3/b20-15-,25-22+. The summed E-state index contributed by atoms with van der Waals surface area (Å²) in [5, 5.41) is 0.534. The molecule has 0 radical (unpaired) electrons. The Morgan fingerprint density at radius 1 is 1.00 bits per heavy atom. The highest BCUT2D eigenvalue weighted by atomic mass is 32.2. The van der Waals surface area contributed by atoms with Crippen molar-refractivity contribution in [1.29, 1.82) is 0 Å². The van der Waals surface area contributed by atoms with E-state index in [0.717, 1.165) is 16.8 Å². The lowest BCUT2D eigenvalue weighted by atomic mass is 10.1. The molecule has 0 atom stereocenters. The molecule has 0 N–H and O–H groups in total. The van der Waals surface area contributed by atoms with Crippen LogP contribution < -0.4 is 4.90 Å². The van der Waals surface area contributed by atoms with Crippen LogP contribution in [0.3, 0.4) is 0 Å². The first-order valence-electron chi connectivity index (χ1n) is 8.67. The summed E-state index contributed by atoms with van der Waals surface area (Å²) < 4.78 is 13.3. The molecule has 6 heteroatoms. The van der Waals surface area contributed by atoms with Gasteiger partial charge in [-0.3, -0.25) is 9.69 Å². The normalized spacial score (nSPS) is 17.3. The number of allylic oxidation sites excluding steroid dienone is 1. The van der Waals surface area contributed by atoms with Gasteiger partial charge in [-0.2, -0.15) is 0 Å². The number of benzene rings is 2. The van der Waals surface area contributed by atoms with Gasteiger partial charge in [-0.25, -0.2) is 14.4 Å². The number of carbonyl (C=O) groups is 1. The van der Waals surface area contributed by atoms with Gasteiger partial charge in [-0.1, -0.05) is 36.4 Å². The lowest BCUT2D eigenvalue weighted by Crippen LogP contribution is -2.28. The molecule has 0 unspecified atom stereocenters. The van der Waals surface area contributed by atoms with Gasteiger partial charge in [-0.05, 0) is 66.2 Å². The topological polar surface area (TPSA) is 45.6 Å². The van der Waals surface area contributed by atoms with Crippen LogP contribution in [-0.2, 0) is 4.79 Å². The van der Waals surface area contributed by atoms with E-state index in [1.54, 1.807) is 29.3 Å². The molecule has 2 aromatic carbocycles. The van der Waals surface area contributed by atoms with Crippen LogP contribution in [0.2, 0.25) is 0 Å². The molecule has 0 bridgehead atoms. The zero-order valence-electron chi connectivity index (χ0n) is 15.0. The number of pyridine rings is 1. The Labute approximate surface area is 166 Å². The highest BCUT2D eigenvalue weighted by molar-refractivity contribution is 8.19. The summed E-state index contributed by atoms with van der Waals surface area (Å²) >= 11 is 1.30. The number of aliphatic imine (C=N–C) groups is 1. The van der Waals surface area contributed by atoms with Crippen molar-refractivity contribution in [3.8, 4) is 0 Å². The van der Waals surface area contributed by atoms with Crippen LogP contribution in [0.4, 0.5) is 15.9 Å². The first-order valence-corrected chi connectivity index (χ1v) is 9.49. The third kappa shape index (κ3) is 3.59. The Bertz CT molecular complexity index is 1060. The number of hydrogen-bond acceptors (Lipinski definition) is 4. The average Bonchev–Trinajstić information content (AvgIpc) is 3.05. The summed E-state index contributed by atoms with van der Waals surface area (Å²) in [6, 6.07) is 21.0. The predicted octanol–water partition coefficient (Wildman–Crippen LogP) is 5.42. The molecule has 1 fully saturated rings. The number of nitrogens with zero attached hydrogens (tertiary/aromatic N) is 3. The number of amides is 1. The van der Waals surface area contributed by atoms with Crippen LogP contribution in [0, 0.1) is 5.82 Å². The van der Waals surface area contributed by atoms with E-state index in [-0.39, 0.29) is 11.7 Å². The number of thioether (sulfide) groups is 1. The number of amidine groups is 1. The third-order valence-electron chi connectivity index (χ3n) is 4.27. The SMILES string of the molecule is C/C(=C1/S/C(=N/c2ccccn2)N(c2ccccc2)C1=O)c1ccc(F)cc1. The summed E-state index contributed by atoms with van der Waals surface area (Å²) in [5.74, 6) is 0.0578. The van der Waals surface area contributed by atoms with Crippen molar-refractivity contribution in [2.24, 2.45) is 4.99 Å². The fourth-order valence-corrected chi connectivity index (χ4v) is 3.88. The van der Waals surface area contributed by atoms with Crippen LogP contribution in [0.15, 0.2) is 88.9 Å². The maximum Gasteiger partial charge on any atom is 0.271 e. The molecule has 0 saturated carbocycles. The fourth-order valence-electron chi connectivity index (χ4n) is 2.83. The summed E-state index contributed by atoms with van der Waals surface area (Å²) in [4.78, 5) is 24.2. The lowest BCUT2D eigenvalue weighted by Gasteiger charge is -2.15. The molecular weight excluding hydrogens is 373 g/mol. The lowest BCUT2D eigenvalue weighted by molar-refractivity contribution is -0.113. The van der Waals surface area contributed by atoms with Crippen LogP contribution >= 0.6 is 11.8 Å². The van der Waals surface area contributed by atoms with Gasteiger partial charge in [0.2, 0.25) is 0 Å². The van der Waals surface area contributed by atoms with Crippen LogP contribution in [0.25, 0.3) is 5.57 Å². The van der Waals surface area contributed by atoms with Crippen LogP contribution in [0.5, 0.6) is 0 Å². The van der Waals surface area contributed by atoms with Crippen molar-refractivity contribution in [2.75, 3.05) is 4.90 Å². The van der Waals surface area contributed by atoms with E-state index in [0.29, 0.717) is 15.9 Å². The molecule has 4 rings (SSSR count). The van der Waals surface area contributed by atoms with Gasteiger partial charge < -0.3 is 0 Å². The van der Waals surface area contributed by atoms with Gasteiger partial charge in [0, 0.05) is 6.20 Å². The Hall–Kier alpha value is -3.25. The fraction of sp³-hybridized carbons (Fsp3) is 0.0455. The first kappa shape index (κ1) is 18.1. The largest absolute Gasteiger partial charge is 0.271 e. The van der Waals surface area contributed by atoms with Crippen molar-refractivity contribution >= 4 is 39.9 Å². The van der Waals surface area contributed by atoms with Gasteiger partial charge in [0.25, 0.3) is 5.91 Å². The summed E-state index contributed by atoms with van der Waals surface area (Å²) in [5.41, 5.74) is 2.31. The second-order valence-corrected chi connectivity index (χ2v) is 7.10. The number of anilines is 1.